The van der Waals surface area contributed by atoms with E-state index in [0.29, 0.717) is 11.2 Å². The number of aromatic nitrogens is 3. The monoisotopic (exact) mass is 177 g/mol. The molecule has 0 aromatic carbocycles. The zero-order valence-corrected chi connectivity index (χ0v) is 6.64. The molecule has 66 valence electrons. The van der Waals surface area contributed by atoms with Gasteiger partial charge in [0.15, 0.2) is 5.65 Å². The number of carbonyl (C=O) groups is 1. The second-order valence-electron chi connectivity index (χ2n) is 2.45. The van der Waals surface area contributed by atoms with Crippen LogP contribution < -0.4 is 11.3 Å². The number of nitrogens with two attached hydrogens (primary N) is 1. The van der Waals surface area contributed by atoms with E-state index in [1.807, 2.05) is 5.43 Å². The number of hydrogen-bond donors (Lipinski definition) is 2. The maximum absolute atomic E-state index is 11.1. The maximum atomic E-state index is 11.1. The van der Waals surface area contributed by atoms with Gasteiger partial charge in [0.1, 0.15) is 6.33 Å². The molecule has 6 heteroatoms. The minimum atomic E-state index is -0.342. The molecule has 0 bridgehead atoms. The first-order valence-electron chi connectivity index (χ1n) is 3.61. The van der Waals surface area contributed by atoms with Gasteiger partial charge in [-0.05, 0) is 12.1 Å². The van der Waals surface area contributed by atoms with Crippen LogP contribution in [0.3, 0.4) is 0 Å². The van der Waals surface area contributed by atoms with E-state index < -0.39 is 0 Å². The Labute approximate surface area is 73.3 Å². The van der Waals surface area contributed by atoms with Crippen molar-refractivity contribution in [2.24, 2.45) is 5.84 Å². The van der Waals surface area contributed by atoms with Gasteiger partial charge >= 0.3 is 0 Å². The van der Waals surface area contributed by atoms with E-state index in [1.54, 1.807) is 22.8 Å². The molecule has 0 radical (unpaired) electrons. The lowest BCUT2D eigenvalue weighted by Crippen LogP contribution is -2.29. The molecule has 6 nitrogen and oxygen atoms in total. The summed E-state index contributed by atoms with van der Waals surface area (Å²) in [5.74, 6) is 4.64. The van der Waals surface area contributed by atoms with Crippen LogP contribution in [-0.4, -0.2) is 20.5 Å². The van der Waals surface area contributed by atoms with E-state index in [2.05, 4.69) is 10.1 Å². The topological polar surface area (TPSA) is 85.3 Å². The van der Waals surface area contributed by atoms with Crippen molar-refractivity contribution in [3.63, 3.8) is 0 Å². The standard InChI is InChI=1S/C7H7N5O/c8-11-7(13)5-1-2-12-6(3-5)9-4-10-12/h1-4H,8H2,(H,11,13). The molecule has 0 aliphatic carbocycles. The van der Waals surface area contributed by atoms with Crippen LogP contribution in [0.25, 0.3) is 5.65 Å². The summed E-state index contributed by atoms with van der Waals surface area (Å²) in [6.45, 7) is 0. The molecule has 2 rings (SSSR count). The van der Waals surface area contributed by atoms with Crippen molar-refractivity contribution in [3.8, 4) is 0 Å². The summed E-state index contributed by atoms with van der Waals surface area (Å²) in [5, 5.41) is 3.89. The number of hydrazine groups is 1. The van der Waals surface area contributed by atoms with Crippen LogP contribution in [-0.2, 0) is 0 Å². The van der Waals surface area contributed by atoms with Gasteiger partial charge in [-0.25, -0.2) is 15.3 Å². The minimum Gasteiger partial charge on any atom is -0.290 e. The molecule has 0 saturated carbocycles. The third-order valence-electron chi connectivity index (χ3n) is 1.67. The summed E-state index contributed by atoms with van der Waals surface area (Å²) in [7, 11) is 0. The Morgan fingerprint density at radius 2 is 2.46 bits per heavy atom. The van der Waals surface area contributed by atoms with Gasteiger partial charge in [-0.2, -0.15) is 5.10 Å². The highest BCUT2D eigenvalue weighted by Gasteiger charge is 2.04. The zero-order chi connectivity index (χ0) is 9.26. The van der Waals surface area contributed by atoms with Crippen molar-refractivity contribution in [1.29, 1.82) is 0 Å². The van der Waals surface area contributed by atoms with Crippen molar-refractivity contribution in [2.45, 2.75) is 0 Å². The number of nitrogens with zero attached hydrogens (tertiary/aromatic N) is 3. The third kappa shape index (κ3) is 1.23. The van der Waals surface area contributed by atoms with Crippen LogP contribution in [0.5, 0.6) is 0 Å². The molecule has 0 aliphatic rings. The largest absolute Gasteiger partial charge is 0.290 e. The molecule has 1 amide bonds. The van der Waals surface area contributed by atoms with Crippen LogP contribution in [0.4, 0.5) is 0 Å². The van der Waals surface area contributed by atoms with Crippen LogP contribution in [0.2, 0.25) is 0 Å². The molecule has 0 unspecified atom stereocenters. The highest BCUT2D eigenvalue weighted by Crippen LogP contribution is 2.02. The van der Waals surface area contributed by atoms with Gasteiger partial charge in [-0.3, -0.25) is 10.2 Å². The lowest BCUT2D eigenvalue weighted by molar-refractivity contribution is 0.0953. The molecule has 2 aromatic rings. The van der Waals surface area contributed by atoms with Crippen LogP contribution in [0.15, 0.2) is 24.7 Å². The fraction of sp³-hybridized carbons (Fsp3) is 0. The van der Waals surface area contributed by atoms with Crippen molar-refractivity contribution < 1.29 is 4.79 Å². The first-order valence-corrected chi connectivity index (χ1v) is 3.61. The van der Waals surface area contributed by atoms with Gasteiger partial charge in [0.25, 0.3) is 5.91 Å². The number of hydrogen-bond acceptors (Lipinski definition) is 4. The van der Waals surface area contributed by atoms with Gasteiger partial charge in [0, 0.05) is 11.8 Å². The number of amides is 1. The average molecular weight is 177 g/mol. The van der Waals surface area contributed by atoms with E-state index in [0.717, 1.165) is 0 Å². The van der Waals surface area contributed by atoms with Crippen molar-refractivity contribution in [1.82, 2.24) is 20.0 Å². The number of rotatable bonds is 1. The van der Waals surface area contributed by atoms with Crippen molar-refractivity contribution >= 4 is 11.6 Å². The lowest BCUT2D eigenvalue weighted by atomic mass is 10.2. The predicted molar refractivity (Wildman–Crippen MR) is 44.6 cm³/mol. The predicted octanol–water partition coefficient (Wildman–Crippen LogP) is -0.667. The third-order valence-corrected chi connectivity index (χ3v) is 1.67. The van der Waals surface area contributed by atoms with Crippen molar-refractivity contribution in [3.05, 3.63) is 30.2 Å². The summed E-state index contributed by atoms with van der Waals surface area (Å²) in [6, 6.07) is 3.22. The summed E-state index contributed by atoms with van der Waals surface area (Å²) < 4.78 is 1.56. The quantitative estimate of drug-likeness (QED) is 0.344. The second-order valence-corrected chi connectivity index (χ2v) is 2.45. The normalized spacial score (nSPS) is 10.2. The Morgan fingerprint density at radius 3 is 3.23 bits per heavy atom. The maximum Gasteiger partial charge on any atom is 0.265 e. The van der Waals surface area contributed by atoms with Gasteiger partial charge < -0.3 is 0 Å². The van der Waals surface area contributed by atoms with Crippen molar-refractivity contribution in [2.75, 3.05) is 0 Å². The number of pyridine rings is 1. The minimum absolute atomic E-state index is 0.342. The molecule has 3 N–H and O–H groups in total. The van der Waals surface area contributed by atoms with Gasteiger partial charge in [0.05, 0.1) is 0 Å². The molecule has 2 heterocycles. The number of nitrogen functional groups attached to an aromatic ring is 1. The molecule has 0 saturated heterocycles. The smallest absolute Gasteiger partial charge is 0.265 e. The first-order chi connectivity index (χ1) is 6.31. The van der Waals surface area contributed by atoms with E-state index >= 15 is 0 Å². The van der Waals surface area contributed by atoms with Crippen LogP contribution >= 0.6 is 0 Å². The number of carbonyl (C=O) groups excluding carboxylic acids is 1. The molecule has 2 aromatic heterocycles. The Hall–Kier alpha value is -1.95. The van der Waals surface area contributed by atoms with E-state index in [4.69, 9.17) is 5.84 Å². The Morgan fingerprint density at radius 1 is 1.62 bits per heavy atom. The Balaban J connectivity index is 2.54. The SMILES string of the molecule is NNC(=O)c1ccn2ncnc2c1. The van der Waals surface area contributed by atoms with E-state index in [1.165, 1.54) is 6.33 Å². The fourth-order valence-electron chi connectivity index (χ4n) is 1.04. The molecule has 0 aliphatic heterocycles. The summed E-state index contributed by atoms with van der Waals surface area (Å²) in [6.07, 6.45) is 3.06. The Bertz CT molecular complexity index is 449. The van der Waals surface area contributed by atoms with Crippen LogP contribution in [0, 0.1) is 0 Å². The molecular formula is C7H7N5O. The van der Waals surface area contributed by atoms with Gasteiger partial charge in [0.2, 0.25) is 0 Å². The fourth-order valence-corrected chi connectivity index (χ4v) is 1.04. The molecule has 0 atom stereocenters. The van der Waals surface area contributed by atoms with Crippen LogP contribution in [0.1, 0.15) is 10.4 Å². The van der Waals surface area contributed by atoms with Gasteiger partial charge in [-0.1, -0.05) is 0 Å². The summed E-state index contributed by atoms with van der Waals surface area (Å²) in [5.41, 5.74) is 3.12. The highest BCUT2D eigenvalue weighted by atomic mass is 16.2. The van der Waals surface area contributed by atoms with E-state index in [-0.39, 0.29) is 5.91 Å². The van der Waals surface area contributed by atoms with E-state index in [9.17, 15) is 4.79 Å². The Kier molecular flexibility index (Phi) is 1.67. The first kappa shape index (κ1) is 7.69. The average Bonchev–Trinajstić information content (AvgIpc) is 2.63. The molecule has 0 fully saturated rings. The second kappa shape index (κ2) is 2.83. The lowest BCUT2D eigenvalue weighted by Gasteiger charge is -1.98. The molecule has 13 heavy (non-hydrogen) atoms. The molecule has 0 spiro atoms. The zero-order valence-electron chi connectivity index (χ0n) is 6.64. The summed E-state index contributed by atoms with van der Waals surface area (Å²) >= 11 is 0. The highest BCUT2D eigenvalue weighted by molar-refractivity contribution is 5.94. The number of nitrogens with one attached hydrogen (secondary N) is 1. The van der Waals surface area contributed by atoms with Gasteiger partial charge in [-0.15, -0.1) is 0 Å². The summed E-state index contributed by atoms with van der Waals surface area (Å²) in [4.78, 5) is 15.0. The number of fused-ring (bicyclic) bond motifs is 1. The molecular weight excluding hydrogens is 170 g/mol.